The molecule has 3 heteroatoms. The molecule has 0 amide bonds. The lowest BCUT2D eigenvalue weighted by Gasteiger charge is -2.37. The molecule has 0 bridgehead atoms. The van der Waals surface area contributed by atoms with Crippen molar-refractivity contribution in [2.75, 3.05) is 5.32 Å². The fourth-order valence-corrected chi connectivity index (χ4v) is 3.93. The summed E-state index contributed by atoms with van der Waals surface area (Å²) in [5.41, 5.74) is 3.72. The molecule has 2 aromatic carbocycles. The fraction of sp³-hybridized carbons (Fsp3) is 0.333. The standard InChI is InChI=1S/C21H23NO2/c1-13(2)24-16-10-11-20-19(12-16)17-4-3-5-18(17)21(22-20)14-6-8-15(23)9-7-14/h3-4,6-13,17-18,21-23H,5H2,1-2H3. The maximum absolute atomic E-state index is 9.56. The second-order valence-corrected chi connectivity index (χ2v) is 6.98. The first-order valence-corrected chi connectivity index (χ1v) is 8.64. The number of fused-ring (bicyclic) bond motifs is 3. The molecule has 4 rings (SSSR count). The fourth-order valence-electron chi connectivity index (χ4n) is 3.93. The van der Waals surface area contributed by atoms with Gasteiger partial charge in [-0.25, -0.2) is 0 Å². The lowest BCUT2D eigenvalue weighted by atomic mass is 9.77. The molecule has 3 unspecified atom stereocenters. The van der Waals surface area contributed by atoms with Gasteiger partial charge in [0.1, 0.15) is 11.5 Å². The van der Waals surface area contributed by atoms with Gasteiger partial charge in [0.15, 0.2) is 0 Å². The molecular weight excluding hydrogens is 298 g/mol. The lowest BCUT2D eigenvalue weighted by Crippen LogP contribution is -2.29. The van der Waals surface area contributed by atoms with E-state index in [0.717, 1.165) is 12.2 Å². The molecule has 1 aliphatic heterocycles. The quantitative estimate of drug-likeness (QED) is 0.781. The number of phenols is 1. The van der Waals surface area contributed by atoms with Gasteiger partial charge in [0.25, 0.3) is 0 Å². The number of hydrogen-bond donors (Lipinski definition) is 2. The summed E-state index contributed by atoms with van der Waals surface area (Å²) in [4.78, 5) is 0. The average Bonchev–Trinajstić information content (AvgIpc) is 3.04. The van der Waals surface area contributed by atoms with Crippen LogP contribution >= 0.6 is 0 Å². The summed E-state index contributed by atoms with van der Waals surface area (Å²) in [6.45, 7) is 4.10. The normalized spacial score (nSPS) is 24.4. The molecule has 2 N–H and O–H groups in total. The van der Waals surface area contributed by atoms with E-state index >= 15 is 0 Å². The van der Waals surface area contributed by atoms with E-state index in [9.17, 15) is 5.11 Å². The predicted octanol–water partition coefficient (Wildman–Crippen LogP) is 5.01. The van der Waals surface area contributed by atoms with E-state index < -0.39 is 0 Å². The number of allylic oxidation sites excluding steroid dienone is 2. The van der Waals surface area contributed by atoms with Gasteiger partial charge >= 0.3 is 0 Å². The van der Waals surface area contributed by atoms with E-state index in [4.69, 9.17) is 4.74 Å². The van der Waals surface area contributed by atoms with Crippen LogP contribution in [-0.2, 0) is 0 Å². The van der Waals surface area contributed by atoms with E-state index in [1.54, 1.807) is 12.1 Å². The number of phenolic OH excluding ortho intramolecular Hbond substituents is 1. The zero-order valence-electron chi connectivity index (χ0n) is 14.1. The maximum atomic E-state index is 9.56. The second kappa shape index (κ2) is 5.90. The number of hydrogen-bond acceptors (Lipinski definition) is 3. The highest BCUT2D eigenvalue weighted by Gasteiger charge is 2.38. The molecule has 0 saturated heterocycles. The van der Waals surface area contributed by atoms with Gasteiger partial charge in [-0.2, -0.15) is 0 Å². The summed E-state index contributed by atoms with van der Waals surface area (Å²) >= 11 is 0. The van der Waals surface area contributed by atoms with Gasteiger partial charge in [-0.3, -0.25) is 0 Å². The third kappa shape index (κ3) is 2.64. The number of aromatic hydroxyl groups is 1. The number of benzene rings is 2. The summed E-state index contributed by atoms with van der Waals surface area (Å²) in [7, 11) is 0. The number of rotatable bonds is 3. The highest BCUT2D eigenvalue weighted by Crippen LogP contribution is 2.50. The molecule has 0 saturated carbocycles. The maximum Gasteiger partial charge on any atom is 0.120 e. The topological polar surface area (TPSA) is 41.5 Å². The monoisotopic (exact) mass is 321 g/mol. The van der Waals surface area contributed by atoms with Crippen LogP contribution in [0.4, 0.5) is 5.69 Å². The first-order chi connectivity index (χ1) is 11.6. The lowest BCUT2D eigenvalue weighted by molar-refractivity contribution is 0.242. The Balaban J connectivity index is 1.70. The van der Waals surface area contributed by atoms with Crippen molar-refractivity contribution < 1.29 is 9.84 Å². The zero-order chi connectivity index (χ0) is 16.7. The van der Waals surface area contributed by atoms with Crippen LogP contribution in [0.5, 0.6) is 11.5 Å². The molecule has 124 valence electrons. The van der Waals surface area contributed by atoms with Crippen molar-refractivity contribution in [3.8, 4) is 11.5 Å². The number of anilines is 1. The molecule has 3 atom stereocenters. The minimum atomic E-state index is 0.180. The van der Waals surface area contributed by atoms with E-state index in [1.165, 1.54) is 16.8 Å². The Bertz CT molecular complexity index is 764. The van der Waals surface area contributed by atoms with Crippen LogP contribution in [0.15, 0.2) is 54.6 Å². The van der Waals surface area contributed by atoms with E-state index in [0.29, 0.717) is 17.6 Å². The van der Waals surface area contributed by atoms with Gasteiger partial charge in [0, 0.05) is 11.6 Å². The molecule has 0 fully saturated rings. The summed E-state index contributed by atoms with van der Waals surface area (Å²) in [6, 6.07) is 14.2. The molecule has 24 heavy (non-hydrogen) atoms. The molecule has 3 nitrogen and oxygen atoms in total. The summed E-state index contributed by atoms with van der Waals surface area (Å²) < 4.78 is 5.87. The van der Waals surface area contributed by atoms with Crippen molar-refractivity contribution in [3.05, 3.63) is 65.7 Å². The van der Waals surface area contributed by atoms with E-state index in [2.05, 4.69) is 43.4 Å². The van der Waals surface area contributed by atoms with Crippen LogP contribution in [0.2, 0.25) is 0 Å². The van der Waals surface area contributed by atoms with E-state index in [-0.39, 0.29) is 12.1 Å². The van der Waals surface area contributed by atoms with Gasteiger partial charge in [-0.15, -0.1) is 0 Å². The Morgan fingerprint density at radius 1 is 1.12 bits per heavy atom. The van der Waals surface area contributed by atoms with Crippen LogP contribution in [0, 0.1) is 5.92 Å². The predicted molar refractivity (Wildman–Crippen MR) is 96.7 cm³/mol. The van der Waals surface area contributed by atoms with Gasteiger partial charge in [0.05, 0.1) is 12.1 Å². The zero-order valence-corrected chi connectivity index (χ0v) is 14.1. The Labute approximate surface area is 143 Å². The molecule has 2 aromatic rings. The van der Waals surface area contributed by atoms with Crippen molar-refractivity contribution in [2.45, 2.75) is 38.3 Å². The SMILES string of the molecule is CC(C)Oc1ccc2c(c1)C1C=CCC1C(c1ccc(O)cc1)N2. The highest BCUT2D eigenvalue weighted by molar-refractivity contribution is 5.61. The second-order valence-electron chi connectivity index (χ2n) is 6.98. The Hall–Kier alpha value is -2.42. The number of ether oxygens (including phenoxy) is 1. The molecule has 1 aliphatic carbocycles. The van der Waals surface area contributed by atoms with Crippen molar-refractivity contribution in [3.63, 3.8) is 0 Å². The molecule has 2 aliphatic rings. The summed E-state index contributed by atoms with van der Waals surface area (Å²) in [6.07, 6.45) is 5.86. The van der Waals surface area contributed by atoms with Gasteiger partial charge in [-0.1, -0.05) is 24.3 Å². The Morgan fingerprint density at radius 3 is 2.67 bits per heavy atom. The van der Waals surface area contributed by atoms with Gasteiger partial charge in [-0.05, 0) is 67.6 Å². The minimum absolute atomic E-state index is 0.180. The smallest absolute Gasteiger partial charge is 0.120 e. The first-order valence-electron chi connectivity index (χ1n) is 8.64. The third-order valence-electron chi connectivity index (χ3n) is 4.96. The first kappa shape index (κ1) is 15.1. The van der Waals surface area contributed by atoms with Gasteiger partial charge < -0.3 is 15.2 Å². The molecule has 0 radical (unpaired) electrons. The van der Waals surface area contributed by atoms with Crippen LogP contribution < -0.4 is 10.1 Å². The molecule has 0 aromatic heterocycles. The Morgan fingerprint density at radius 2 is 1.92 bits per heavy atom. The van der Waals surface area contributed by atoms with Gasteiger partial charge in [0.2, 0.25) is 0 Å². The minimum Gasteiger partial charge on any atom is -0.508 e. The summed E-state index contributed by atoms with van der Waals surface area (Å²) in [5.74, 6) is 2.16. The third-order valence-corrected chi connectivity index (χ3v) is 4.96. The highest BCUT2D eigenvalue weighted by atomic mass is 16.5. The van der Waals surface area contributed by atoms with Crippen LogP contribution in [-0.4, -0.2) is 11.2 Å². The number of nitrogens with one attached hydrogen (secondary N) is 1. The van der Waals surface area contributed by atoms with E-state index in [1.807, 2.05) is 18.2 Å². The molecule has 1 heterocycles. The van der Waals surface area contributed by atoms with Crippen molar-refractivity contribution >= 4 is 5.69 Å². The summed E-state index contributed by atoms with van der Waals surface area (Å²) in [5, 5.41) is 13.3. The van der Waals surface area contributed by atoms with Crippen LogP contribution in [0.25, 0.3) is 0 Å². The average molecular weight is 321 g/mol. The van der Waals surface area contributed by atoms with Crippen molar-refractivity contribution in [2.24, 2.45) is 5.92 Å². The van der Waals surface area contributed by atoms with Crippen LogP contribution in [0.3, 0.4) is 0 Å². The molecular formula is C21H23NO2. The Kier molecular flexibility index (Phi) is 3.72. The largest absolute Gasteiger partial charge is 0.508 e. The van der Waals surface area contributed by atoms with Crippen molar-refractivity contribution in [1.29, 1.82) is 0 Å². The molecule has 0 spiro atoms. The van der Waals surface area contributed by atoms with Crippen molar-refractivity contribution in [1.82, 2.24) is 0 Å². The van der Waals surface area contributed by atoms with Crippen LogP contribution in [0.1, 0.15) is 43.4 Å².